The monoisotopic (exact) mass is 436 g/mol. The molecule has 9 heteroatoms. The van der Waals surface area contributed by atoms with E-state index in [-0.39, 0.29) is 6.10 Å². The highest BCUT2D eigenvalue weighted by Gasteiger charge is 2.24. The second kappa shape index (κ2) is 9.52. The smallest absolute Gasteiger partial charge is 0.233 e. The highest BCUT2D eigenvalue weighted by Crippen LogP contribution is 2.33. The van der Waals surface area contributed by atoms with Crippen LogP contribution in [0.25, 0.3) is 11.0 Å². The minimum absolute atomic E-state index is 0.153. The molecular formula is C23H28N6O3. The van der Waals surface area contributed by atoms with Crippen molar-refractivity contribution in [3.63, 3.8) is 0 Å². The van der Waals surface area contributed by atoms with Gasteiger partial charge in [0.1, 0.15) is 17.1 Å². The summed E-state index contributed by atoms with van der Waals surface area (Å²) in [6, 6.07) is 8.28. The summed E-state index contributed by atoms with van der Waals surface area (Å²) in [5.41, 5.74) is 2.79. The van der Waals surface area contributed by atoms with Crippen LogP contribution in [0.4, 0.5) is 11.5 Å². The Morgan fingerprint density at radius 1 is 1.00 bits per heavy atom. The van der Waals surface area contributed by atoms with E-state index >= 15 is 0 Å². The molecule has 32 heavy (non-hydrogen) atoms. The Morgan fingerprint density at radius 3 is 2.56 bits per heavy atom. The maximum absolute atomic E-state index is 6.50. The van der Waals surface area contributed by atoms with E-state index in [4.69, 9.17) is 14.2 Å². The van der Waals surface area contributed by atoms with Gasteiger partial charge in [0.05, 0.1) is 31.9 Å². The summed E-state index contributed by atoms with van der Waals surface area (Å²) in [7, 11) is 1.59. The minimum Gasteiger partial charge on any atom is -0.488 e. The third-order valence-corrected chi connectivity index (χ3v) is 6.07. The van der Waals surface area contributed by atoms with E-state index in [1.165, 1.54) is 0 Å². The number of hydrogen-bond acceptors (Lipinski definition) is 9. The van der Waals surface area contributed by atoms with Crippen LogP contribution in [0, 0.1) is 0 Å². The average Bonchev–Trinajstić information content (AvgIpc) is 2.86. The number of methoxy groups -OCH3 is 1. The van der Waals surface area contributed by atoms with Gasteiger partial charge in [0.15, 0.2) is 0 Å². The third-order valence-electron chi connectivity index (χ3n) is 6.07. The lowest BCUT2D eigenvalue weighted by molar-refractivity contribution is 0.122. The van der Waals surface area contributed by atoms with Gasteiger partial charge in [-0.2, -0.15) is 0 Å². The molecule has 1 saturated heterocycles. The van der Waals surface area contributed by atoms with Crippen LogP contribution in [0.15, 0.2) is 36.7 Å². The quantitative estimate of drug-likeness (QED) is 0.625. The fourth-order valence-electron chi connectivity index (χ4n) is 4.34. The van der Waals surface area contributed by atoms with Crippen molar-refractivity contribution >= 4 is 22.5 Å². The van der Waals surface area contributed by atoms with Gasteiger partial charge in [-0.15, -0.1) is 10.2 Å². The van der Waals surface area contributed by atoms with E-state index in [1.54, 1.807) is 19.5 Å². The number of aromatic nitrogens is 4. The first-order valence-corrected chi connectivity index (χ1v) is 11.2. The predicted molar refractivity (Wildman–Crippen MR) is 121 cm³/mol. The topological polar surface area (TPSA) is 94.5 Å². The average molecular weight is 437 g/mol. The summed E-state index contributed by atoms with van der Waals surface area (Å²) in [4.78, 5) is 11.4. The molecule has 1 aromatic carbocycles. The van der Waals surface area contributed by atoms with Crippen molar-refractivity contribution in [2.24, 2.45) is 0 Å². The SMILES string of the molecule is COc1ccc(NC2CCC(Oc3cc(N4CCOCC4)cc4nccnc34)CC2)nn1. The molecule has 1 aliphatic heterocycles. The van der Waals surface area contributed by atoms with E-state index in [9.17, 15) is 0 Å². The Balaban J connectivity index is 1.25. The molecule has 0 radical (unpaired) electrons. The third kappa shape index (κ3) is 4.67. The first-order valence-electron chi connectivity index (χ1n) is 11.2. The van der Waals surface area contributed by atoms with Gasteiger partial charge < -0.3 is 24.4 Å². The van der Waals surface area contributed by atoms with Crippen molar-refractivity contribution in [3.05, 3.63) is 36.7 Å². The van der Waals surface area contributed by atoms with E-state index in [1.807, 2.05) is 12.1 Å². The molecule has 3 aromatic rings. The number of nitrogens with zero attached hydrogens (tertiary/aromatic N) is 5. The van der Waals surface area contributed by atoms with Crippen LogP contribution in [0.3, 0.4) is 0 Å². The number of hydrogen-bond donors (Lipinski definition) is 1. The molecule has 0 atom stereocenters. The second-order valence-electron chi connectivity index (χ2n) is 8.16. The number of morpholine rings is 1. The lowest BCUT2D eigenvalue weighted by atomic mass is 9.93. The van der Waals surface area contributed by atoms with Crippen LogP contribution in [0.5, 0.6) is 11.6 Å². The molecule has 168 valence electrons. The standard InChI is InChI=1S/C23H28N6O3/c1-30-22-7-6-21(27-28-22)26-16-2-4-18(5-3-16)32-20-15-17(29-10-12-31-13-11-29)14-19-23(20)25-9-8-24-19/h6-9,14-16,18H,2-5,10-13H2,1H3,(H,26,27). The van der Waals surface area contributed by atoms with Crippen LogP contribution in [0.1, 0.15) is 25.7 Å². The van der Waals surface area contributed by atoms with Gasteiger partial charge in [0, 0.05) is 49.3 Å². The molecular weight excluding hydrogens is 408 g/mol. The van der Waals surface area contributed by atoms with E-state index in [0.717, 1.165) is 80.3 Å². The second-order valence-corrected chi connectivity index (χ2v) is 8.16. The number of benzene rings is 1. The summed E-state index contributed by atoms with van der Waals surface area (Å²) in [6.07, 6.45) is 7.54. The Bertz CT molecular complexity index is 1030. The van der Waals surface area contributed by atoms with Gasteiger partial charge in [-0.1, -0.05) is 0 Å². The van der Waals surface area contributed by atoms with Gasteiger partial charge in [-0.05, 0) is 37.8 Å². The summed E-state index contributed by atoms with van der Waals surface area (Å²) in [6.45, 7) is 3.22. The van der Waals surface area contributed by atoms with Crippen LogP contribution in [0.2, 0.25) is 0 Å². The Kier molecular flexibility index (Phi) is 6.15. The van der Waals surface area contributed by atoms with Crippen LogP contribution in [-0.4, -0.2) is 65.7 Å². The van der Waals surface area contributed by atoms with Crippen molar-refractivity contribution in [3.8, 4) is 11.6 Å². The first kappa shape index (κ1) is 20.7. The van der Waals surface area contributed by atoms with Crippen molar-refractivity contribution in [2.75, 3.05) is 43.6 Å². The van der Waals surface area contributed by atoms with Crippen molar-refractivity contribution in [2.45, 2.75) is 37.8 Å². The van der Waals surface area contributed by atoms with Gasteiger partial charge in [0.2, 0.25) is 5.88 Å². The van der Waals surface area contributed by atoms with Crippen LogP contribution >= 0.6 is 0 Å². The molecule has 2 fully saturated rings. The van der Waals surface area contributed by atoms with Gasteiger partial charge in [-0.25, -0.2) is 4.98 Å². The number of nitrogens with one attached hydrogen (secondary N) is 1. The minimum atomic E-state index is 0.153. The predicted octanol–water partition coefficient (Wildman–Crippen LogP) is 3.07. The molecule has 1 aliphatic carbocycles. The fourth-order valence-corrected chi connectivity index (χ4v) is 4.34. The number of fused-ring (bicyclic) bond motifs is 1. The highest BCUT2D eigenvalue weighted by molar-refractivity contribution is 5.85. The molecule has 1 saturated carbocycles. The molecule has 0 bridgehead atoms. The van der Waals surface area contributed by atoms with Crippen LogP contribution in [-0.2, 0) is 4.74 Å². The Morgan fingerprint density at radius 2 is 1.81 bits per heavy atom. The molecule has 3 heterocycles. The summed E-state index contributed by atoms with van der Waals surface area (Å²) in [5.74, 6) is 2.10. The Hall–Kier alpha value is -3.20. The highest BCUT2D eigenvalue weighted by atomic mass is 16.5. The largest absolute Gasteiger partial charge is 0.488 e. The summed E-state index contributed by atoms with van der Waals surface area (Å²) in [5, 5.41) is 11.7. The lowest BCUT2D eigenvalue weighted by Crippen LogP contribution is -2.36. The zero-order valence-corrected chi connectivity index (χ0v) is 18.2. The Labute approximate surface area is 187 Å². The van der Waals surface area contributed by atoms with Crippen molar-refractivity contribution < 1.29 is 14.2 Å². The van der Waals surface area contributed by atoms with Gasteiger partial charge >= 0.3 is 0 Å². The first-order chi connectivity index (χ1) is 15.8. The molecule has 9 nitrogen and oxygen atoms in total. The number of anilines is 2. The van der Waals surface area contributed by atoms with E-state index in [0.29, 0.717) is 11.9 Å². The molecule has 0 amide bonds. The zero-order chi connectivity index (χ0) is 21.8. The summed E-state index contributed by atoms with van der Waals surface area (Å²) >= 11 is 0. The van der Waals surface area contributed by atoms with Crippen molar-refractivity contribution in [1.82, 2.24) is 20.2 Å². The molecule has 1 N–H and O–H groups in total. The number of rotatable bonds is 6. The van der Waals surface area contributed by atoms with Crippen LogP contribution < -0.4 is 19.7 Å². The lowest BCUT2D eigenvalue weighted by Gasteiger charge is -2.31. The molecule has 2 aliphatic rings. The van der Waals surface area contributed by atoms with Gasteiger partial charge in [-0.3, -0.25) is 4.98 Å². The van der Waals surface area contributed by atoms with Gasteiger partial charge in [0.25, 0.3) is 0 Å². The van der Waals surface area contributed by atoms with Crippen molar-refractivity contribution in [1.29, 1.82) is 0 Å². The normalized spacial score (nSPS) is 21.3. The zero-order valence-electron chi connectivity index (χ0n) is 18.2. The fraction of sp³-hybridized carbons (Fsp3) is 0.478. The molecule has 5 rings (SSSR count). The molecule has 0 unspecified atom stereocenters. The molecule has 0 spiro atoms. The summed E-state index contributed by atoms with van der Waals surface area (Å²) < 4.78 is 17.1. The molecule has 2 aromatic heterocycles. The number of ether oxygens (including phenoxy) is 3. The maximum Gasteiger partial charge on any atom is 0.233 e. The van der Waals surface area contributed by atoms with E-state index < -0.39 is 0 Å². The van der Waals surface area contributed by atoms with E-state index in [2.05, 4.69) is 42.5 Å². The maximum atomic E-state index is 6.50.